The maximum atomic E-state index is 13.0. The molecule has 1 aromatic carbocycles. The van der Waals surface area contributed by atoms with Crippen molar-refractivity contribution in [3.05, 3.63) is 35.3 Å². The molecular weight excluding hydrogens is 342 g/mol. The number of hydrogen-bond donors (Lipinski definition) is 0. The van der Waals surface area contributed by atoms with Gasteiger partial charge in [0.05, 0.1) is 12.8 Å². The highest BCUT2D eigenvalue weighted by Gasteiger charge is 2.26. The number of ether oxygens (including phenoxy) is 1. The van der Waals surface area contributed by atoms with Crippen LogP contribution in [0.25, 0.3) is 0 Å². The number of hydrogen-bond acceptors (Lipinski definition) is 2. The first-order valence-corrected chi connectivity index (χ1v) is 8.72. The van der Waals surface area contributed by atoms with Crippen LogP contribution in [0.3, 0.4) is 0 Å². The summed E-state index contributed by atoms with van der Waals surface area (Å²) in [6.45, 7) is 4.33. The smallest absolute Gasteiger partial charge is 0.230 e. The molecule has 0 aliphatic heterocycles. The standard InChI is InChI=1S/C18H24BrNO2/c1-3-12-20(17-11-10-15(22-2)13-16(17)19)18(21)14-8-6-4-5-7-9-14/h3,10-11,13-14H,1,4-9,12H2,2H3. The van der Waals surface area contributed by atoms with E-state index < -0.39 is 0 Å². The average molecular weight is 366 g/mol. The molecule has 3 nitrogen and oxygen atoms in total. The Labute approximate surface area is 141 Å². The maximum absolute atomic E-state index is 13.0. The van der Waals surface area contributed by atoms with Crippen LogP contribution in [0.1, 0.15) is 38.5 Å². The summed E-state index contributed by atoms with van der Waals surface area (Å²) in [6, 6.07) is 5.71. The lowest BCUT2D eigenvalue weighted by Gasteiger charge is -2.27. The van der Waals surface area contributed by atoms with E-state index in [-0.39, 0.29) is 11.8 Å². The summed E-state index contributed by atoms with van der Waals surface area (Å²) in [5.74, 6) is 1.13. The largest absolute Gasteiger partial charge is 0.497 e. The van der Waals surface area contributed by atoms with Gasteiger partial charge in [0.15, 0.2) is 0 Å². The highest BCUT2D eigenvalue weighted by atomic mass is 79.9. The predicted molar refractivity (Wildman–Crippen MR) is 94.4 cm³/mol. The van der Waals surface area contributed by atoms with Gasteiger partial charge in [-0.2, -0.15) is 0 Å². The first kappa shape index (κ1) is 17.1. The van der Waals surface area contributed by atoms with Gasteiger partial charge in [-0.25, -0.2) is 0 Å². The van der Waals surface area contributed by atoms with Gasteiger partial charge in [-0.05, 0) is 47.0 Å². The Kier molecular flexibility index (Phi) is 6.49. The van der Waals surface area contributed by atoms with E-state index in [9.17, 15) is 4.79 Å². The summed E-state index contributed by atoms with van der Waals surface area (Å²) >= 11 is 3.56. The van der Waals surface area contributed by atoms with E-state index in [0.717, 1.165) is 41.6 Å². The van der Waals surface area contributed by atoms with Crippen molar-refractivity contribution in [3.8, 4) is 5.75 Å². The van der Waals surface area contributed by atoms with Gasteiger partial charge in [-0.15, -0.1) is 6.58 Å². The van der Waals surface area contributed by atoms with Crippen LogP contribution in [0.4, 0.5) is 5.69 Å². The molecule has 1 amide bonds. The quantitative estimate of drug-likeness (QED) is 0.545. The minimum absolute atomic E-state index is 0.136. The molecule has 0 aromatic heterocycles. The van der Waals surface area contributed by atoms with Crippen molar-refractivity contribution >= 4 is 27.5 Å². The van der Waals surface area contributed by atoms with Crippen molar-refractivity contribution < 1.29 is 9.53 Å². The molecule has 1 aliphatic carbocycles. The molecule has 0 spiro atoms. The van der Waals surface area contributed by atoms with Crippen molar-refractivity contribution in [2.75, 3.05) is 18.6 Å². The second-order valence-electron chi connectivity index (χ2n) is 5.74. The zero-order valence-electron chi connectivity index (χ0n) is 13.2. The second kappa shape index (κ2) is 8.37. The number of carbonyl (C=O) groups excluding carboxylic acids is 1. The van der Waals surface area contributed by atoms with Crippen LogP contribution in [-0.4, -0.2) is 19.6 Å². The van der Waals surface area contributed by atoms with Gasteiger partial charge in [0.2, 0.25) is 5.91 Å². The van der Waals surface area contributed by atoms with Gasteiger partial charge in [0, 0.05) is 16.9 Å². The van der Waals surface area contributed by atoms with Crippen molar-refractivity contribution in [1.29, 1.82) is 0 Å². The zero-order valence-corrected chi connectivity index (χ0v) is 14.8. The van der Waals surface area contributed by atoms with Crippen molar-refractivity contribution in [1.82, 2.24) is 0 Å². The van der Waals surface area contributed by atoms with Gasteiger partial charge in [0.25, 0.3) is 0 Å². The van der Waals surface area contributed by atoms with Crippen LogP contribution in [-0.2, 0) is 4.79 Å². The lowest BCUT2D eigenvalue weighted by molar-refractivity contribution is -0.122. The Hall–Kier alpha value is -1.29. The van der Waals surface area contributed by atoms with E-state index in [1.807, 2.05) is 23.1 Å². The number of anilines is 1. The first-order chi connectivity index (χ1) is 10.7. The fraction of sp³-hybridized carbons (Fsp3) is 0.500. The topological polar surface area (TPSA) is 29.5 Å². The third-order valence-electron chi connectivity index (χ3n) is 4.23. The highest BCUT2D eigenvalue weighted by molar-refractivity contribution is 9.10. The monoisotopic (exact) mass is 365 g/mol. The number of rotatable bonds is 5. The molecule has 1 aliphatic rings. The summed E-state index contributed by atoms with van der Waals surface area (Å²) in [4.78, 5) is 14.8. The Bertz CT molecular complexity index is 522. The number of benzene rings is 1. The number of amides is 1. The summed E-state index contributed by atoms with van der Waals surface area (Å²) in [5, 5.41) is 0. The van der Waals surface area contributed by atoms with E-state index in [0.29, 0.717) is 6.54 Å². The molecule has 0 N–H and O–H groups in total. The van der Waals surface area contributed by atoms with E-state index in [1.165, 1.54) is 12.8 Å². The fourth-order valence-electron chi connectivity index (χ4n) is 3.02. The molecule has 0 atom stereocenters. The van der Waals surface area contributed by atoms with Crippen LogP contribution in [0.2, 0.25) is 0 Å². The average Bonchev–Trinajstić information content (AvgIpc) is 2.81. The molecule has 120 valence electrons. The normalized spacial score (nSPS) is 15.9. The molecule has 1 fully saturated rings. The zero-order chi connectivity index (χ0) is 15.9. The lowest BCUT2D eigenvalue weighted by atomic mass is 9.98. The number of nitrogens with zero attached hydrogens (tertiary/aromatic N) is 1. The Morgan fingerprint density at radius 1 is 1.36 bits per heavy atom. The summed E-state index contributed by atoms with van der Waals surface area (Å²) < 4.78 is 6.10. The summed E-state index contributed by atoms with van der Waals surface area (Å²) in [5.41, 5.74) is 0.884. The molecule has 0 radical (unpaired) electrons. The molecule has 0 bridgehead atoms. The molecule has 22 heavy (non-hydrogen) atoms. The van der Waals surface area contributed by atoms with Crippen molar-refractivity contribution in [3.63, 3.8) is 0 Å². The molecule has 1 aromatic rings. The molecule has 0 saturated heterocycles. The fourth-order valence-corrected chi connectivity index (χ4v) is 3.59. The van der Waals surface area contributed by atoms with E-state index >= 15 is 0 Å². The van der Waals surface area contributed by atoms with Gasteiger partial charge in [-0.3, -0.25) is 4.79 Å². The first-order valence-electron chi connectivity index (χ1n) is 7.93. The Morgan fingerprint density at radius 2 is 2.05 bits per heavy atom. The minimum Gasteiger partial charge on any atom is -0.497 e. The SMILES string of the molecule is C=CCN(C(=O)C1CCCCCC1)c1ccc(OC)cc1Br. The maximum Gasteiger partial charge on any atom is 0.230 e. The molecule has 0 heterocycles. The van der Waals surface area contributed by atoms with Crippen LogP contribution >= 0.6 is 15.9 Å². The van der Waals surface area contributed by atoms with Crippen LogP contribution in [0, 0.1) is 5.92 Å². The van der Waals surface area contributed by atoms with Crippen LogP contribution < -0.4 is 9.64 Å². The van der Waals surface area contributed by atoms with Crippen LogP contribution in [0.5, 0.6) is 5.75 Å². The van der Waals surface area contributed by atoms with E-state index in [1.54, 1.807) is 13.2 Å². The third kappa shape index (κ3) is 4.13. The molecule has 0 unspecified atom stereocenters. The summed E-state index contributed by atoms with van der Waals surface area (Å²) in [6.07, 6.45) is 8.59. The molecule has 4 heteroatoms. The minimum atomic E-state index is 0.136. The number of halogens is 1. The van der Waals surface area contributed by atoms with Gasteiger partial charge < -0.3 is 9.64 Å². The van der Waals surface area contributed by atoms with Crippen molar-refractivity contribution in [2.24, 2.45) is 5.92 Å². The lowest BCUT2D eigenvalue weighted by Crippen LogP contribution is -2.36. The van der Waals surface area contributed by atoms with Crippen molar-refractivity contribution in [2.45, 2.75) is 38.5 Å². The summed E-state index contributed by atoms with van der Waals surface area (Å²) in [7, 11) is 1.64. The predicted octanol–water partition coefficient (Wildman–Crippen LogP) is 4.95. The van der Waals surface area contributed by atoms with Gasteiger partial charge >= 0.3 is 0 Å². The van der Waals surface area contributed by atoms with E-state index in [4.69, 9.17) is 4.74 Å². The number of carbonyl (C=O) groups is 1. The van der Waals surface area contributed by atoms with Gasteiger partial charge in [-0.1, -0.05) is 31.8 Å². The Morgan fingerprint density at radius 3 is 2.59 bits per heavy atom. The molecule has 2 rings (SSSR count). The second-order valence-corrected chi connectivity index (χ2v) is 6.60. The molecule has 1 saturated carbocycles. The Balaban J connectivity index is 2.24. The van der Waals surface area contributed by atoms with Crippen LogP contribution in [0.15, 0.2) is 35.3 Å². The molecular formula is C18H24BrNO2. The van der Waals surface area contributed by atoms with E-state index in [2.05, 4.69) is 22.5 Å². The third-order valence-corrected chi connectivity index (χ3v) is 4.86. The highest BCUT2D eigenvalue weighted by Crippen LogP contribution is 2.33. The number of methoxy groups -OCH3 is 1. The van der Waals surface area contributed by atoms with Gasteiger partial charge in [0.1, 0.15) is 5.75 Å².